The summed E-state index contributed by atoms with van der Waals surface area (Å²) in [5.74, 6) is 2.09. The van der Waals surface area contributed by atoms with Gasteiger partial charge in [0.15, 0.2) is 6.61 Å². The van der Waals surface area contributed by atoms with Gasteiger partial charge in [-0.25, -0.2) is 0 Å². The van der Waals surface area contributed by atoms with Crippen LogP contribution in [0.25, 0.3) is 0 Å². The number of rotatable bonds is 4. The van der Waals surface area contributed by atoms with Gasteiger partial charge in [0.2, 0.25) is 5.91 Å². The monoisotopic (exact) mass is 437 g/mol. The Hall–Kier alpha value is -3.00. The molecule has 0 unspecified atom stereocenters. The lowest BCUT2D eigenvalue weighted by molar-refractivity contribution is -0.119. The zero-order valence-corrected chi connectivity index (χ0v) is 17.8. The summed E-state index contributed by atoms with van der Waals surface area (Å²) in [4.78, 5) is 39.7. The van der Waals surface area contributed by atoms with E-state index in [1.807, 2.05) is 40.9 Å². The van der Waals surface area contributed by atoms with E-state index in [2.05, 4.69) is 10.6 Å². The minimum Gasteiger partial charge on any atom is -0.482 e. The first-order valence-electron chi connectivity index (χ1n) is 10.4. The highest BCUT2D eigenvalue weighted by molar-refractivity contribution is 7.99. The normalized spacial score (nSPS) is 19.2. The molecule has 1 fully saturated rings. The van der Waals surface area contributed by atoms with E-state index >= 15 is 0 Å². The molecule has 0 radical (unpaired) electrons. The average Bonchev–Trinajstić information content (AvgIpc) is 3.11. The predicted molar refractivity (Wildman–Crippen MR) is 119 cm³/mol. The third-order valence-corrected chi connectivity index (χ3v) is 7.19. The molecule has 1 saturated heterocycles. The van der Waals surface area contributed by atoms with Crippen LogP contribution in [0.3, 0.4) is 0 Å². The van der Waals surface area contributed by atoms with Crippen molar-refractivity contribution in [3.63, 3.8) is 0 Å². The molecule has 3 aliphatic heterocycles. The van der Waals surface area contributed by atoms with E-state index in [0.29, 0.717) is 23.7 Å². The van der Waals surface area contributed by atoms with E-state index in [-0.39, 0.29) is 30.7 Å². The van der Waals surface area contributed by atoms with E-state index in [4.69, 9.17) is 4.74 Å². The SMILES string of the molecule is O=C(CC1(N2Cc3ccccc3C2=O)CCSCC1)Nc1ccc2c(c1)NC(=O)CO2. The molecule has 0 aliphatic carbocycles. The summed E-state index contributed by atoms with van der Waals surface area (Å²) in [6.07, 6.45) is 1.82. The van der Waals surface area contributed by atoms with Gasteiger partial charge in [-0.05, 0) is 54.2 Å². The van der Waals surface area contributed by atoms with E-state index in [1.165, 1.54) is 0 Å². The van der Waals surface area contributed by atoms with Crippen molar-refractivity contribution in [1.29, 1.82) is 0 Å². The Balaban J connectivity index is 1.35. The molecule has 3 heterocycles. The summed E-state index contributed by atoms with van der Waals surface area (Å²) in [6, 6.07) is 12.9. The second kappa shape index (κ2) is 7.92. The molecule has 0 spiro atoms. The van der Waals surface area contributed by atoms with Gasteiger partial charge >= 0.3 is 0 Å². The molecule has 5 rings (SSSR count). The van der Waals surface area contributed by atoms with Crippen LogP contribution in [-0.2, 0) is 16.1 Å². The lowest BCUT2D eigenvalue weighted by Crippen LogP contribution is -2.53. The van der Waals surface area contributed by atoms with E-state index < -0.39 is 5.54 Å². The van der Waals surface area contributed by atoms with Crippen molar-refractivity contribution in [2.45, 2.75) is 31.3 Å². The van der Waals surface area contributed by atoms with Crippen molar-refractivity contribution in [3.8, 4) is 5.75 Å². The van der Waals surface area contributed by atoms with Gasteiger partial charge in [0.1, 0.15) is 5.75 Å². The number of thioether (sulfide) groups is 1. The largest absolute Gasteiger partial charge is 0.482 e. The molecule has 0 aromatic heterocycles. The summed E-state index contributed by atoms with van der Waals surface area (Å²) in [5, 5.41) is 5.70. The predicted octanol–water partition coefficient (Wildman–Crippen LogP) is 3.27. The fourth-order valence-electron chi connectivity index (χ4n) is 4.60. The van der Waals surface area contributed by atoms with Crippen LogP contribution in [0.15, 0.2) is 42.5 Å². The van der Waals surface area contributed by atoms with Crippen molar-refractivity contribution in [2.75, 3.05) is 28.7 Å². The number of nitrogens with zero attached hydrogens (tertiary/aromatic N) is 1. The maximum Gasteiger partial charge on any atom is 0.262 e. The summed E-state index contributed by atoms with van der Waals surface area (Å²) < 4.78 is 5.37. The van der Waals surface area contributed by atoms with Crippen LogP contribution < -0.4 is 15.4 Å². The first kappa shape index (κ1) is 19.9. The number of hydrogen-bond donors (Lipinski definition) is 2. The fraction of sp³-hybridized carbons (Fsp3) is 0.348. The Morgan fingerprint density at radius 1 is 1.16 bits per heavy atom. The number of carbonyl (C=O) groups is 3. The molecule has 3 amide bonds. The summed E-state index contributed by atoms with van der Waals surface area (Å²) in [5.41, 5.74) is 2.41. The van der Waals surface area contributed by atoms with Crippen LogP contribution >= 0.6 is 11.8 Å². The molecular formula is C23H23N3O4S. The molecular weight excluding hydrogens is 414 g/mol. The van der Waals surface area contributed by atoms with Gasteiger partial charge in [-0.15, -0.1) is 0 Å². The maximum absolute atomic E-state index is 13.2. The summed E-state index contributed by atoms with van der Waals surface area (Å²) in [6.45, 7) is 0.542. The Kier molecular flexibility index (Phi) is 5.09. The van der Waals surface area contributed by atoms with Gasteiger partial charge in [0.05, 0.1) is 17.6 Å². The molecule has 3 aliphatic rings. The first-order valence-corrected chi connectivity index (χ1v) is 11.5. The minimum atomic E-state index is -0.489. The number of carbonyl (C=O) groups excluding carboxylic acids is 3. The smallest absolute Gasteiger partial charge is 0.262 e. The van der Waals surface area contributed by atoms with E-state index in [9.17, 15) is 14.4 Å². The van der Waals surface area contributed by atoms with Crippen LogP contribution in [0.2, 0.25) is 0 Å². The van der Waals surface area contributed by atoms with Crippen molar-refractivity contribution < 1.29 is 19.1 Å². The molecule has 0 bridgehead atoms. The average molecular weight is 438 g/mol. The lowest BCUT2D eigenvalue weighted by Gasteiger charge is -2.44. The molecule has 160 valence electrons. The Bertz CT molecular complexity index is 1060. The third-order valence-electron chi connectivity index (χ3n) is 6.20. The number of amides is 3. The second-order valence-electron chi connectivity index (χ2n) is 8.16. The molecule has 0 atom stereocenters. The van der Waals surface area contributed by atoms with Crippen LogP contribution in [0, 0.1) is 0 Å². The molecule has 2 aromatic carbocycles. The highest BCUT2D eigenvalue weighted by Gasteiger charge is 2.45. The number of benzene rings is 2. The fourth-order valence-corrected chi connectivity index (χ4v) is 5.85. The van der Waals surface area contributed by atoms with E-state index in [1.54, 1.807) is 18.2 Å². The molecule has 7 nitrogen and oxygen atoms in total. The molecule has 2 N–H and O–H groups in total. The highest BCUT2D eigenvalue weighted by atomic mass is 32.2. The van der Waals surface area contributed by atoms with Crippen LogP contribution in [0.1, 0.15) is 35.2 Å². The number of anilines is 2. The Morgan fingerprint density at radius 3 is 2.77 bits per heavy atom. The number of nitrogens with one attached hydrogen (secondary N) is 2. The van der Waals surface area contributed by atoms with Gasteiger partial charge in [-0.3, -0.25) is 14.4 Å². The van der Waals surface area contributed by atoms with Gasteiger partial charge < -0.3 is 20.3 Å². The zero-order chi connectivity index (χ0) is 21.4. The van der Waals surface area contributed by atoms with Crippen LogP contribution in [-0.4, -0.2) is 46.3 Å². The number of fused-ring (bicyclic) bond motifs is 2. The number of hydrogen-bond acceptors (Lipinski definition) is 5. The van der Waals surface area contributed by atoms with Crippen molar-refractivity contribution in [1.82, 2.24) is 4.90 Å². The highest BCUT2D eigenvalue weighted by Crippen LogP contribution is 2.40. The van der Waals surface area contributed by atoms with Crippen LogP contribution in [0.5, 0.6) is 5.75 Å². The van der Waals surface area contributed by atoms with Gasteiger partial charge in [-0.1, -0.05) is 18.2 Å². The summed E-state index contributed by atoms with van der Waals surface area (Å²) in [7, 11) is 0. The third kappa shape index (κ3) is 3.76. The second-order valence-corrected chi connectivity index (χ2v) is 9.38. The summed E-state index contributed by atoms with van der Waals surface area (Å²) >= 11 is 1.86. The zero-order valence-electron chi connectivity index (χ0n) is 17.0. The van der Waals surface area contributed by atoms with Gasteiger partial charge in [0.25, 0.3) is 11.8 Å². The molecule has 0 saturated carbocycles. The lowest BCUT2D eigenvalue weighted by atomic mass is 9.86. The topological polar surface area (TPSA) is 87.7 Å². The number of ether oxygens (including phenoxy) is 1. The van der Waals surface area contributed by atoms with Crippen molar-refractivity contribution >= 4 is 40.9 Å². The standard InChI is InChI=1S/C23H23N3O4S/c27-20(24-16-5-6-19-18(11-16)25-21(28)14-30-19)12-23(7-9-31-10-8-23)26-13-15-3-1-2-4-17(15)22(26)29/h1-6,11H,7-10,12-14H2,(H,24,27)(H,25,28). The molecule has 31 heavy (non-hydrogen) atoms. The van der Waals surface area contributed by atoms with Gasteiger partial charge in [-0.2, -0.15) is 11.8 Å². The molecule has 8 heteroatoms. The van der Waals surface area contributed by atoms with Crippen LogP contribution in [0.4, 0.5) is 11.4 Å². The Morgan fingerprint density at radius 2 is 1.97 bits per heavy atom. The minimum absolute atomic E-state index is 0.00844. The van der Waals surface area contributed by atoms with E-state index in [0.717, 1.165) is 35.5 Å². The Labute approximate surface area is 184 Å². The molecule has 2 aromatic rings. The van der Waals surface area contributed by atoms with Crippen molar-refractivity contribution in [2.24, 2.45) is 0 Å². The first-order chi connectivity index (χ1) is 15.0. The quantitative estimate of drug-likeness (QED) is 0.767. The van der Waals surface area contributed by atoms with Crippen molar-refractivity contribution in [3.05, 3.63) is 53.6 Å². The van der Waals surface area contributed by atoms with Gasteiger partial charge in [0, 0.05) is 17.8 Å². The maximum atomic E-state index is 13.2.